The molecule has 4 N–H and O–H groups in total. The molecule has 0 amide bonds. The van der Waals surface area contributed by atoms with Gasteiger partial charge in [0.15, 0.2) is 0 Å². The first-order valence-electron chi connectivity index (χ1n) is 13.4. The molecule has 9 atom stereocenters. The molecule has 0 aromatic rings. The van der Waals surface area contributed by atoms with E-state index >= 15 is 0 Å². The van der Waals surface area contributed by atoms with Crippen LogP contribution >= 0.6 is 0 Å². The zero-order valence-electron chi connectivity index (χ0n) is 20.4. The van der Waals surface area contributed by atoms with Crippen LogP contribution in [0.15, 0.2) is 0 Å². The summed E-state index contributed by atoms with van der Waals surface area (Å²) in [6.45, 7) is 9.61. The van der Waals surface area contributed by atoms with E-state index in [4.69, 9.17) is 0 Å². The van der Waals surface area contributed by atoms with Crippen molar-refractivity contribution in [1.29, 1.82) is 0 Å². The van der Waals surface area contributed by atoms with E-state index in [1.54, 1.807) is 0 Å². The smallest absolute Gasteiger partial charge is 0.284 e. The van der Waals surface area contributed by atoms with Gasteiger partial charge in [0.1, 0.15) is 0 Å². The van der Waals surface area contributed by atoms with Crippen molar-refractivity contribution in [3.05, 3.63) is 0 Å². The Hall–Kier alpha value is -0.160. The van der Waals surface area contributed by atoms with Gasteiger partial charge >= 0.3 is 0 Å². The van der Waals surface area contributed by atoms with Crippen LogP contribution in [0.2, 0.25) is 0 Å². The van der Waals surface area contributed by atoms with Crippen molar-refractivity contribution < 1.29 is 20.4 Å². The van der Waals surface area contributed by atoms with E-state index in [0.29, 0.717) is 23.7 Å². The van der Waals surface area contributed by atoms with Crippen LogP contribution in [0, 0.1) is 52.3 Å². The molecule has 4 aliphatic rings. The van der Waals surface area contributed by atoms with Crippen molar-refractivity contribution in [2.45, 2.75) is 117 Å². The second-order valence-electron chi connectivity index (χ2n) is 12.7. The molecule has 4 rings (SSSR count). The highest BCUT2D eigenvalue weighted by molar-refractivity contribution is 5.14. The number of rotatable bonds is 6. The van der Waals surface area contributed by atoms with E-state index in [0.717, 1.165) is 56.3 Å². The summed E-state index contributed by atoms with van der Waals surface area (Å²) < 4.78 is 0. The quantitative estimate of drug-likeness (QED) is 0.438. The molecule has 4 saturated carbocycles. The molecule has 4 aliphatic carbocycles. The Bertz CT molecular complexity index is 627. The SMILES string of the molecule is CC(C)CCC[C@H](C)[C@@H]1CC[C@H]2[C@H]3CC[C@H]4CCCC(O)[C@@]4(C(O)(O)O)[C@H]3CC[C@@]21C. The molecule has 0 heterocycles. The molecule has 0 aromatic heterocycles. The first-order chi connectivity index (χ1) is 14.5. The van der Waals surface area contributed by atoms with Gasteiger partial charge in [-0.25, -0.2) is 0 Å². The van der Waals surface area contributed by atoms with E-state index < -0.39 is 17.5 Å². The normalized spacial score (nSPS) is 46.4. The summed E-state index contributed by atoms with van der Waals surface area (Å²) in [6, 6.07) is 0. The van der Waals surface area contributed by atoms with Gasteiger partial charge in [0, 0.05) is 0 Å². The van der Waals surface area contributed by atoms with Gasteiger partial charge in [-0.05, 0) is 98.2 Å². The fourth-order valence-electron chi connectivity index (χ4n) is 9.69. The average Bonchev–Trinajstić information content (AvgIpc) is 3.04. The fraction of sp³-hybridized carbons (Fsp3) is 1.00. The second-order valence-corrected chi connectivity index (χ2v) is 12.7. The largest absolute Gasteiger partial charge is 0.392 e. The van der Waals surface area contributed by atoms with Gasteiger partial charge in [-0.1, -0.05) is 53.4 Å². The lowest BCUT2D eigenvalue weighted by Crippen LogP contribution is -2.69. The second kappa shape index (κ2) is 8.56. The summed E-state index contributed by atoms with van der Waals surface area (Å²) in [7, 11) is 0. The number of hydrogen-bond acceptors (Lipinski definition) is 4. The molecular formula is C27H48O4. The van der Waals surface area contributed by atoms with Gasteiger partial charge in [-0.2, -0.15) is 0 Å². The van der Waals surface area contributed by atoms with Crippen molar-refractivity contribution >= 4 is 0 Å². The minimum absolute atomic E-state index is 0.00835. The Balaban J connectivity index is 1.57. The maximum atomic E-state index is 11.1. The zero-order chi connectivity index (χ0) is 22.6. The number of fused-ring (bicyclic) bond motifs is 5. The summed E-state index contributed by atoms with van der Waals surface area (Å²) in [5.74, 6) is 0.458. The van der Waals surface area contributed by atoms with E-state index in [2.05, 4.69) is 27.7 Å². The molecule has 0 aromatic carbocycles. The topological polar surface area (TPSA) is 80.9 Å². The summed E-state index contributed by atoms with van der Waals surface area (Å²) in [5.41, 5.74) is -0.856. The highest BCUT2D eigenvalue weighted by Gasteiger charge is 2.70. The van der Waals surface area contributed by atoms with Gasteiger partial charge in [-0.3, -0.25) is 0 Å². The van der Waals surface area contributed by atoms with Crippen LogP contribution in [0.1, 0.15) is 105 Å². The molecule has 4 heteroatoms. The molecule has 4 fully saturated rings. The van der Waals surface area contributed by atoms with Crippen LogP contribution in [0.3, 0.4) is 0 Å². The van der Waals surface area contributed by atoms with Gasteiger partial charge in [0.05, 0.1) is 11.5 Å². The first-order valence-corrected chi connectivity index (χ1v) is 13.4. The standard InChI is InChI=1S/C27H48O4/c1-17(2)7-5-8-18(3)21-13-14-22-20-12-11-19-9-6-10-24(28)26(19,27(29,30)31)23(20)15-16-25(21,22)4/h17-24,28-31H,5-16H2,1-4H3/t18-,19+,20+,21-,22-,23-,24?,25+,26-/m0/s1. The predicted molar refractivity (Wildman–Crippen MR) is 123 cm³/mol. The Morgan fingerprint density at radius 2 is 1.61 bits per heavy atom. The highest BCUT2D eigenvalue weighted by Crippen LogP contribution is 2.70. The van der Waals surface area contributed by atoms with E-state index in [1.807, 2.05) is 0 Å². The van der Waals surface area contributed by atoms with Crippen molar-refractivity contribution in [3.8, 4) is 0 Å². The summed E-state index contributed by atoms with van der Waals surface area (Å²) >= 11 is 0. The number of aliphatic hydroxyl groups is 4. The summed E-state index contributed by atoms with van der Waals surface area (Å²) in [6.07, 6.45) is 12.0. The van der Waals surface area contributed by atoms with Crippen LogP contribution in [-0.2, 0) is 0 Å². The van der Waals surface area contributed by atoms with E-state index in [1.165, 1.54) is 32.1 Å². The lowest BCUT2D eigenvalue weighted by Gasteiger charge is -2.64. The van der Waals surface area contributed by atoms with Crippen molar-refractivity contribution in [3.63, 3.8) is 0 Å². The minimum atomic E-state index is -2.79. The van der Waals surface area contributed by atoms with Crippen molar-refractivity contribution in [1.82, 2.24) is 0 Å². The van der Waals surface area contributed by atoms with Crippen molar-refractivity contribution in [2.75, 3.05) is 0 Å². The van der Waals surface area contributed by atoms with Crippen LogP contribution in [-0.4, -0.2) is 32.5 Å². The van der Waals surface area contributed by atoms with Gasteiger partial charge in [0.25, 0.3) is 5.97 Å². The molecule has 0 saturated heterocycles. The molecule has 0 spiro atoms. The molecule has 31 heavy (non-hydrogen) atoms. The molecule has 0 bridgehead atoms. The Kier molecular flexibility index (Phi) is 6.62. The molecular weight excluding hydrogens is 388 g/mol. The van der Waals surface area contributed by atoms with E-state index in [-0.39, 0.29) is 11.8 Å². The molecule has 0 aliphatic heterocycles. The molecule has 180 valence electrons. The average molecular weight is 437 g/mol. The van der Waals surface area contributed by atoms with E-state index in [9.17, 15) is 20.4 Å². The van der Waals surface area contributed by atoms with Crippen LogP contribution < -0.4 is 0 Å². The predicted octanol–water partition coefficient (Wildman–Crippen LogP) is 5.08. The molecule has 0 radical (unpaired) electrons. The number of aliphatic hydroxyl groups excluding tert-OH is 1. The molecule has 4 nitrogen and oxygen atoms in total. The lowest BCUT2D eigenvalue weighted by atomic mass is 9.42. The van der Waals surface area contributed by atoms with Gasteiger partial charge < -0.3 is 20.4 Å². The highest BCUT2D eigenvalue weighted by atomic mass is 16.7. The first kappa shape index (κ1) is 24.0. The Morgan fingerprint density at radius 1 is 0.871 bits per heavy atom. The van der Waals surface area contributed by atoms with Crippen LogP contribution in [0.4, 0.5) is 0 Å². The monoisotopic (exact) mass is 436 g/mol. The minimum Gasteiger partial charge on any atom is -0.392 e. The Labute approximate surface area is 189 Å². The Morgan fingerprint density at radius 3 is 2.29 bits per heavy atom. The van der Waals surface area contributed by atoms with Crippen molar-refractivity contribution in [2.24, 2.45) is 52.3 Å². The summed E-state index contributed by atoms with van der Waals surface area (Å²) in [5, 5.41) is 43.2. The molecule has 1 unspecified atom stereocenters. The third-order valence-electron chi connectivity index (χ3n) is 10.9. The third kappa shape index (κ3) is 3.72. The van der Waals surface area contributed by atoms with Crippen LogP contribution in [0.25, 0.3) is 0 Å². The third-order valence-corrected chi connectivity index (χ3v) is 10.9. The van der Waals surface area contributed by atoms with Gasteiger partial charge in [-0.15, -0.1) is 0 Å². The maximum Gasteiger partial charge on any atom is 0.284 e. The number of hydrogen-bond donors (Lipinski definition) is 4. The lowest BCUT2D eigenvalue weighted by molar-refractivity contribution is -0.430. The fourth-order valence-corrected chi connectivity index (χ4v) is 9.69. The zero-order valence-corrected chi connectivity index (χ0v) is 20.4. The maximum absolute atomic E-state index is 11.1. The van der Waals surface area contributed by atoms with Crippen LogP contribution in [0.5, 0.6) is 0 Å². The van der Waals surface area contributed by atoms with Gasteiger partial charge in [0.2, 0.25) is 0 Å². The summed E-state index contributed by atoms with van der Waals surface area (Å²) in [4.78, 5) is 0.